The van der Waals surface area contributed by atoms with Crippen LogP contribution in [0.2, 0.25) is 5.02 Å². The standard InChI is InChI=1S/C21H26ClNO5/c1-27-21(26)15-28-12-3-2-11-23-18(8-10-20(23)25)7-9-19(24)14-16-5-4-6-17(22)13-16/h4-7,9,13,18H,2-3,8,10-12,14-15H2,1H3/t18-/m0/s1. The predicted molar refractivity (Wildman–Crippen MR) is 106 cm³/mol. The fraction of sp³-hybridized carbons (Fsp3) is 0.476. The Morgan fingerprint density at radius 3 is 2.89 bits per heavy atom. The normalized spacial score (nSPS) is 16.7. The van der Waals surface area contributed by atoms with Crippen molar-refractivity contribution in [2.24, 2.45) is 0 Å². The molecule has 1 heterocycles. The van der Waals surface area contributed by atoms with Gasteiger partial charge < -0.3 is 14.4 Å². The van der Waals surface area contributed by atoms with Crippen molar-refractivity contribution in [3.8, 4) is 0 Å². The zero-order valence-electron chi connectivity index (χ0n) is 16.1. The summed E-state index contributed by atoms with van der Waals surface area (Å²) in [6.07, 6.45) is 6.41. The van der Waals surface area contributed by atoms with Gasteiger partial charge in [0.05, 0.1) is 13.2 Å². The molecule has 0 unspecified atom stereocenters. The maximum absolute atomic E-state index is 12.2. The van der Waals surface area contributed by atoms with E-state index in [9.17, 15) is 14.4 Å². The van der Waals surface area contributed by atoms with Crippen LogP contribution in [0, 0.1) is 0 Å². The number of nitrogens with zero attached hydrogens (tertiary/aromatic N) is 1. The minimum absolute atomic E-state index is 0.0159. The number of benzene rings is 1. The summed E-state index contributed by atoms with van der Waals surface area (Å²) >= 11 is 5.94. The highest BCUT2D eigenvalue weighted by Gasteiger charge is 2.28. The van der Waals surface area contributed by atoms with Crippen molar-refractivity contribution >= 4 is 29.3 Å². The lowest BCUT2D eigenvalue weighted by molar-refractivity contribution is -0.145. The Bertz CT molecular complexity index is 719. The molecule has 1 amide bonds. The van der Waals surface area contributed by atoms with E-state index in [1.54, 1.807) is 18.2 Å². The number of rotatable bonds is 11. The lowest BCUT2D eigenvalue weighted by Crippen LogP contribution is -2.33. The van der Waals surface area contributed by atoms with Gasteiger partial charge in [0.1, 0.15) is 6.61 Å². The van der Waals surface area contributed by atoms with E-state index in [-0.39, 0.29) is 30.8 Å². The van der Waals surface area contributed by atoms with Crippen LogP contribution in [0.3, 0.4) is 0 Å². The molecule has 1 aliphatic heterocycles. The van der Waals surface area contributed by atoms with E-state index in [0.29, 0.717) is 24.6 Å². The average Bonchev–Trinajstić information content (AvgIpc) is 3.02. The van der Waals surface area contributed by atoms with Crippen LogP contribution >= 0.6 is 11.6 Å². The van der Waals surface area contributed by atoms with Gasteiger partial charge in [0.15, 0.2) is 5.78 Å². The molecule has 0 aliphatic carbocycles. The quantitative estimate of drug-likeness (QED) is 0.320. The number of allylic oxidation sites excluding steroid dienone is 1. The molecule has 7 heteroatoms. The lowest BCUT2D eigenvalue weighted by Gasteiger charge is -2.22. The van der Waals surface area contributed by atoms with Gasteiger partial charge in [0.25, 0.3) is 0 Å². The Morgan fingerprint density at radius 2 is 2.14 bits per heavy atom. The predicted octanol–water partition coefficient (Wildman–Crippen LogP) is 2.97. The van der Waals surface area contributed by atoms with Crippen molar-refractivity contribution in [1.29, 1.82) is 0 Å². The van der Waals surface area contributed by atoms with Gasteiger partial charge in [-0.2, -0.15) is 0 Å². The van der Waals surface area contributed by atoms with Crippen LogP contribution in [0.15, 0.2) is 36.4 Å². The Labute approximate surface area is 170 Å². The smallest absolute Gasteiger partial charge is 0.331 e. The molecular formula is C21H26ClNO5. The van der Waals surface area contributed by atoms with Gasteiger partial charge in [-0.25, -0.2) is 4.79 Å². The molecule has 1 aliphatic rings. The van der Waals surface area contributed by atoms with Crippen molar-refractivity contribution in [2.75, 3.05) is 26.9 Å². The third-order valence-corrected chi connectivity index (χ3v) is 4.77. The first kappa shape index (κ1) is 22.1. The molecule has 1 atom stereocenters. The molecule has 28 heavy (non-hydrogen) atoms. The second-order valence-corrected chi connectivity index (χ2v) is 7.10. The summed E-state index contributed by atoms with van der Waals surface area (Å²) in [5, 5.41) is 0.609. The maximum Gasteiger partial charge on any atom is 0.331 e. The van der Waals surface area contributed by atoms with Crippen LogP contribution in [-0.2, 0) is 30.3 Å². The number of hydrogen-bond acceptors (Lipinski definition) is 5. The minimum atomic E-state index is -0.401. The van der Waals surface area contributed by atoms with E-state index in [1.807, 2.05) is 23.1 Å². The number of methoxy groups -OCH3 is 1. The molecule has 1 aromatic rings. The van der Waals surface area contributed by atoms with E-state index in [4.69, 9.17) is 16.3 Å². The molecule has 1 fully saturated rings. The molecule has 0 bridgehead atoms. The van der Waals surface area contributed by atoms with E-state index >= 15 is 0 Å². The zero-order valence-corrected chi connectivity index (χ0v) is 16.8. The number of unbranched alkanes of at least 4 members (excludes halogenated alkanes) is 1. The number of hydrogen-bond donors (Lipinski definition) is 0. The Kier molecular flexibility index (Phi) is 9.17. The summed E-state index contributed by atoms with van der Waals surface area (Å²) in [5.74, 6) is -0.312. The first-order valence-electron chi connectivity index (χ1n) is 9.39. The molecule has 2 rings (SSSR count). The van der Waals surface area contributed by atoms with Crippen molar-refractivity contribution in [3.63, 3.8) is 0 Å². The first-order chi connectivity index (χ1) is 13.5. The highest BCUT2D eigenvalue weighted by atomic mass is 35.5. The fourth-order valence-electron chi connectivity index (χ4n) is 3.07. The van der Waals surface area contributed by atoms with Crippen LogP contribution in [-0.4, -0.2) is 55.5 Å². The van der Waals surface area contributed by atoms with E-state index in [2.05, 4.69) is 4.74 Å². The number of amides is 1. The third kappa shape index (κ3) is 7.44. The van der Waals surface area contributed by atoms with Crippen LogP contribution in [0.4, 0.5) is 0 Å². The summed E-state index contributed by atoms with van der Waals surface area (Å²) in [7, 11) is 1.32. The zero-order chi connectivity index (χ0) is 20.4. The second-order valence-electron chi connectivity index (χ2n) is 6.66. The number of ketones is 1. The summed E-state index contributed by atoms with van der Waals surface area (Å²) in [4.78, 5) is 37.1. The Hall–Kier alpha value is -2.18. The average molecular weight is 408 g/mol. The number of carbonyl (C=O) groups excluding carboxylic acids is 3. The molecule has 6 nitrogen and oxygen atoms in total. The molecule has 0 N–H and O–H groups in total. The van der Waals surface area contributed by atoms with Crippen LogP contribution < -0.4 is 0 Å². The number of esters is 1. The molecule has 0 aromatic heterocycles. The molecular weight excluding hydrogens is 382 g/mol. The lowest BCUT2D eigenvalue weighted by atomic mass is 10.1. The Morgan fingerprint density at radius 1 is 1.32 bits per heavy atom. The monoisotopic (exact) mass is 407 g/mol. The van der Waals surface area contributed by atoms with Crippen LogP contribution in [0.5, 0.6) is 0 Å². The summed E-state index contributed by atoms with van der Waals surface area (Å²) < 4.78 is 9.70. The van der Waals surface area contributed by atoms with E-state index in [1.165, 1.54) is 7.11 Å². The molecule has 152 valence electrons. The third-order valence-electron chi connectivity index (χ3n) is 4.53. The van der Waals surface area contributed by atoms with Crippen molar-refractivity contribution in [3.05, 3.63) is 47.0 Å². The first-order valence-corrected chi connectivity index (χ1v) is 9.77. The van der Waals surface area contributed by atoms with Gasteiger partial charge in [0.2, 0.25) is 5.91 Å². The fourth-order valence-corrected chi connectivity index (χ4v) is 3.29. The highest BCUT2D eigenvalue weighted by Crippen LogP contribution is 2.20. The summed E-state index contributed by atoms with van der Waals surface area (Å²) in [5.41, 5.74) is 0.869. The molecule has 1 aromatic carbocycles. The van der Waals surface area contributed by atoms with Crippen molar-refractivity contribution in [2.45, 2.75) is 38.1 Å². The molecule has 0 saturated carbocycles. The molecule has 0 spiro atoms. The van der Waals surface area contributed by atoms with Gasteiger partial charge in [0, 0.05) is 31.0 Å². The van der Waals surface area contributed by atoms with Crippen LogP contribution in [0.25, 0.3) is 0 Å². The van der Waals surface area contributed by atoms with Gasteiger partial charge in [-0.3, -0.25) is 9.59 Å². The largest absolute Gasteiger partial charge is 0.467 e. The van der Waals surface area contributed by atoms with Gasteiger partial charge in [-0.1, -0.05) is 29.8 Å². The SMILES string of the molecule is COC(=O)COCCCCN1C(=O)CC[C@@H]1C=CC(=O)Cc1cccc(Cl)c1. The second kappa shape index (κ2) is 11.6. The molecule has 1 saturated heterocycles. The van der Waals surface area contributed by atoms with Gasteiger partial charge >= 0.3 is 5.97 Å². The number of halogens is 1. The minimum Gasteiger partial charge on any atom is -0.467 e. The van der Waals surface area contributed by atoms with E-state index < -0.39 is 5.97 Å². The topological polar surface area (TPSA) is 72.9 Å². The number of carbonyl (C=O) groups is 3. The summed E-state index contributed by atoms with van der Waals surface area (Å²) in [6.45, 7) is 0.993. The molecule has 0 radical (unpaired) electrons. The highest BCUT2D eigenvalue weighted by molar-refractivity contribution is 6.30. The van der Waals surface area contributed by atoms with E-state index in [0.717, 1.165) is 24.8 Å². The van der Waals surface area contributed by atoms with Crippen LogP contribution in [0.1, 0.15) is 31.2 Å². The number of likely N-dealkylation sites (tertiary alicyclic amines) is 1. The van der Waals surface area contributed by atoms with Crippen molar-refractivity contribution < 1.29 is 23.9 Å². The maximum atomic E-state index is 12.2. The number of ether oxygens (including phenoxy) is 2. The summed E-state index contributed by atoms with van der Waals surface area (Å²) in [6, 6.07) is 7.19. The van der Waals surface area contributed by atoms with Gasteiger partial charge in [-0.05, 0) is 43.0 Å². The van der Waals surface area contributed by atoms with Crippen molar-refractivity contribution in [1.82, 2.24) is 4.90 Å². The Balaban J connectivity index is 1.75. The van der Waals surface area contributed by atoms with Gasteiger partial charge in [-0.15, -0.1) is 0 Å².